The minimum atomic E-state index is -0.511. The molecule has 1 atom stereocenters. The number of isocyanates is 1. The topological polar surface area (TPSA) is 29.4 Å². The van der Waals surface area contributed by atoms with Gasteiger partial charge in [-0.2, -0.15) is 4.99 Å². The van der Waals surface area contributed by atoms with Crippen LogP contribution in [-0.2, 0) is 16.8 Å². The SMILES string of the molecule is CC1(N=C=O)CCCc2cc(F)ccc21. The molecule has 0 heterocycles. The van der Waals surface area contributed by atoms with Crippen molar-refractivity contribution in [2.24, 2.45) is 4.99 Å². The third-order valence-electron chi connectivity index (χ3n) is 3.05. The minimum Gasteiger partial charge on any atom is -0.211 e. The lowest BCUT2D eigenvalue weighted by atomic mass is 9.78. The molecule has 1 aromatic rings. The molecule has 1 aliphatic carbocycles. The Morgan fingerprint density at radius 3 is 3.07 bits per heavy atom. The van der Waals surface area contributed by atoms with E-state index >= 15 is 0 Å². The lowest BCUT2D eigenvalue weighted by molar-refractivity contribution is 0.406. The van der Waals surface area contributed by atoms with Gasteiger partial charge in [0.2, 0.25) is 6.08 Å². The highest BCUT2D eigenvalue weighted by atomic mass is 19.1. The second-order valence-electron chi connectivity index (χ2n) is 4.13. The van der Waals surface area contributed by atoms with Gasteiger partial charge in [-0.15, -0.1) is 0 Å². The molecule has 0 radical (unpaired) electrons. The summed E-state index contributed by atoms with van der Waals surface area (Å²) < 4.78 is 13.0. The number of benzene rings is 1. The summed E-state index contributed by atoms with van der Waals surface area (Å²) in [5.74, 6) is -0.229. The van der Waals surface area contributed by atoms with E-state index in [2.05, 4.69) is 4.99 Å². The molecule has 0 spiro atoms. The molecule has 78 valence electrons. The number of aryl methyl sites for hydroxylation is 1. The Morgan fingerprint density at radius 2 is 2.33 bits per heavy atom. The number of carbonyl (C=O) groups excluding carboxylic acids is 1. The molecule has 15 heavy (non-hydrogen) atoms. The molecule has 0 saturated heterocycles. The number of fused-ring (bicyclic) bond motifs is 1. The zero-order chi connectivity index (χ0) is 10.9. The molecule has 3 heteroatoms. The van der Waals surface area contributed by atoms with Crippen molar-refractivity contribution in [3.05, 3.63) is 35.1 Å². The summed E-state index contributed by atoms with van der Waals surface area (Å²) in [4.78, 5) is 14.2. The molecule has 0 bridgehead atoms. The molecule has 0 amide bonds. The average molecular weight is 205 g/mol. The van der Waals surface area contributed by atoms with Gasteiger partial charge in [0.05, 0.1) is 5.54 Å². The van der Waals surface area contributed by atoms with Gasteiger partial charge in [-0.3, -0.25) is 0 Å². The van der Waals surface area contributed by atoms with Crippen molar-refractivity contribution in [2.75, 3.05) is 0 Å². The van der Waals surface area contributed by atoms with Crippen LogP contribution in [0.5, 0.6) is 0 Å². The lowest BCUT2D eigenvalue weighted by Gasteiger charge is -2.30. The second kappa shape index (κ2) is 3.59. The third kappa shape index (κ3) is 1.71. The van der Waals surface area contributed by atoms with E-state index in [0.29, 0.717) is 0 Å². The monoisotopic (exact) mass is 205 g/mol. The van der Waals surface area contributed by atoms with Crippen LogP contribution in [0.2, 0.25) is 0 Å². The molecule has 0 aliphatic heterocycles. The molecule has 0 aromatic heterocycles. The smallest absolute Gasteiger partial charge is 0.211 e. The molecule has 0 N–H and O–H groups in total. The Labute approximate surface area is 87.8 Å². The predicted octanol–water partition coefficient (Wildman–Crippen LogP) is 2.71. The molecular weight excluding hydrogens is 193 g/mol. The molecule has 0 saturated carbocycles. The quantitative estimate of drug-likeness (QED) is 0.512. The van der Waals surface area contributed by atoms with Gasteiger partial charge in [-0.05, 0) is 49.4 Å². The van der Waals surface area contributed by atoms with Crippen LogP contribution in [0.1, 0.15) is 30.9 Å². The highest BCUT2D eigenvalue weighted by Gasteiger charge is 2.31. The zero-order valence-electron chi connectivity index (χ0n) is 8.59. The van der Waals surface area contributed by atoms with Gasteiger partial charge >= 0.3 is 0 Å². The third-order valence-corrected chi connectivity index (χ3v) is 3.05. The summed E-state index contributed by atoms with van der Waals surface area (Å²) in [7, 11) is 0. The van der Waals surface area contributed by atoms with Crippen LogP contribution in [0.25, 0.3) is 0 Å². The normalized spacial score (nSPS) is 24.1. The molecule has 0 fully saturated rings. The lowest BCUT2D eigenvalue weighted by Crippen LogP contribution is -2.25. The molecule has 1 unspecified atom stereocenters. The summed E-state index contributed by atoms with van der Waals surface area (Å²) in [5.41, 5.74) is 1.41. The van der Waals surface area contributed by atoms with Crippen LogP contribution in [-0.4, -0.2) is 6.08 Å². The fourth-order valence-electron chi connectivity index (χ4n) is 2.27. The molecule has 1 aromatic carbocycles. The minimum absolute atomic E-state index is 0.229. The number of halogens is 1. The Balaban J connectivity index is 2.56. The Kier molecular flexibility index (Phi) is 2.41. The standard InChI is InChI=1S/C12H12FNO/c1-12(14-8-15)6-2-3-9-7-10(13)4-5-11(9)12/h4-5,7H,2-3,6H2,1H3. The second-order valence-corrected chi connectivity index (χ2v) is 4.13. The van der Waals surface area contributed by atoms with Crippen molar-refractivity contribution in [3.8, 4) is 0 Å². The first kappa shape index (κ1) is 10.1. The highest BCUT2D eigenvalue weighted by molar-refractivity contribution is 5.42. The van der Waals surface area contributed by atoms with Gasteiger partial charge in [0.25, 0.3) is 0 Å². The summed E-state index contributed by atoms with van der Waals surface area (Å²) in [6.07, 6.45) is 4.22. The van der Waals surface area contributed by atoms with Crippen molar-refractivity contribution in [2.45, 2.75) is 31.7 Å². The van der Waals surface area contributed by atoms with E-state index in [1.165, 1.54) is 12.1 Å². The average Bonchev–Trinajstić information content (AvgIpc) is 2.17. The first-order valence-electron chi connectivity index (χ1n) is 5.04. The molecule has 2 nitrogen and oxygen atoms in total. The first-order valence-corrected chi connectivity index (χ1v) is 5.04. The number of hydrogen-bond donors (Lipinski definition) is 0. The van der Waals surface area contributed by atoms with Crippen molar-refractivity contribution in [3.63, 3.8) is 0 Å². The van der Waals surface area contributed by atoms with Gasteiger partial charge in [-0.25, -0.2) is 9.18 Å². The van der Waals surface area contributed by atoms with E-state index in [1.807, 2.05) is 6.92 Å². The number of nitrogens with zero attached hydrogens (tertiary/aromatic N) is 1. The first-order chi connectivity index (χ1) is 7.15. The number of rotatable bonds is 1. The fourth-order valence-corrected chi connectivity index (χ4v) is 2.27. The largest absolute Gasteiger partial charge is 0.235 e. The van der Waals surface area contributed by atoms with Crippen molar-refractivity contribution >= 4 is 6.08 Å². The Hall–Kier alpha value is -1.47. The molecular formula is C12H12FNO. The van der Waals surface area contributed by atoms with Gasteiger partial charge in [0.15, 0.2) is 0 Å². The van der Waals surface area contributed by atoms with Crippen molar-refractivity contribution in [1.29, 1.82) is 0 Å². The molecule has 1 aliphatic rings. The van der Waals surface area contributed by atoms with E-state index in [4.69, 9.17) is 0 Å². The van der Waals surface area contributed by atoms with Gasteiger partial charge < -0.3 is 0 Å². The number of aliphatic imine (C=N–C) groups is 1. The maximum atomic E-state index is 13.0. The highest BCUT2D eigenvalue weighted by Crippen LogP contribution is 2.38. The maximum absolute atomic E-state index is 13.0. The van der Waals surface area contributed by atoms with E-state index in [-0.39, 0.29) is 5.82 Å². The van der Waals surface area contributed by atoms with Crippen LogP contribution in [0.4, 0.5) is 4.39 Å². The van der Waals surface area contributed by atoms with Crippen molar-refractivity contribution in [1.82, 2.24) is 0 Å². The summed E-state index contributed by atoms with van der Waals surface area (Å²) in [6.45, 7) is 1.90. The van der Waals surface area contributed by atoms with Gasteiger partial charge in [0, 0.05) is 0 Å². The maximum Gasteiger partial charge on any atom is 0.235 e. The Bertz CT molecular complexity index is 437. The zero-order valence-corrected chi connectivity index (χ0v) is 8.59. The van der Waals surface area contributed by atoms with E-state index < -0.39 is 5.54 Å². The number of hydrogen-bond acceptors (Lipinski definition) is 2. The van der Waals surface area contributed by atoms with E-state index in [0.717, 1.165) is 30.4 Å². The molecule has 2 rings (SSSR count). The van der Waals surface area contributed by atoms with Gasteiger partial charge in [0.1, 0.15) is 5.82 Å². The summed E-state index contributed by atoms with van der Waals surface area (Å²) in [5, 5.41) is 0. The fraction of sp³-hybridized carbons (Fsp3) is 0.417. The van der Waals surface area contributed by atoms with Gasteiger partial charge in [-0.1, -0.05) is 6.07 Å². The van der Waals surface area contributed by atoms with Crippen LogP contribution < -0.4 is 0 Å². The van der Waals surface area contributed by atoms with Crippen molar-refractivity contribution < 1.29 is 9.18 Å². The van der Waals surface area contributed by atoms with E-state index in [1.54, 1.807) is 12.1 Å². The predicted molar refractivity (Wildman–Crippen MR) is 54.8 cm³/mol. The van der Waals surface area contributed by atoms with Crippen LogP contribution in [0.3, 0.4) is 0 Å². The van der Waals surface area contributed by atoms with Crippen LogP contribution in [0, 0.1) is 5.82 Å². The van der Waals surface area contributed by atoms with Crippen LogP contribution in [0.15, 0.2) is 23.2 Å². The summed E-state index contributed by atoms with van der Waals surface area (Å²) in [6, 6.07) is 4.68. The Morgan fingerprint density at radius 1 is 1.53 bits per heavy atom. The summed E-state index contributed by atoms with van der Waals surface area (Å²) >= 11 is 0. The van der Waals surface area contributed by atoms with Crippen LogP contribution >= 0.6 is 0 Å². The van der Waals surface area contributed by atoms with E-state index in [9.17, 15) is 9.18 Å².